The summed E-state index contributed by atoms with van der Waals surface area (Å²) in [5.74, 6) is -0.736. The summed E-state index contributed by atoms with van der Waals surface area (Å²) in [6.45, 7) is 3.54. The van der Waals surface area contributed by atoms with Gasteiger partial charge in [-0.25, -0.2) is 4.98 Å². The average molecular weight is 626 g/mol. The number of carbonyl (C=O) groups excluding carboxylic acids is 5. The maximum atomic E-state index is 13.2. The number of nitrogens with zero attached hydrogens (tertiary/aromatic N) is 4. The number of hydrogen-bond donors (Lipinski definition) is 3. The van der Waals surface area contributed by atoms with Gasteiger partial charge < -0.3 is 24.8 Å². The standard InChI is InChI=1S/C34H39N7O5/c42-29-18-34(33(46)38-29)11-15-40(21-34)32(45)22-9-13-39(14-10-22)16-12-35-30(43)24-4-1-3-23(17-24)27-20-41-19-25(7-8-28(41)37-27)31(44)36-26-5-2-6-26/h1,3-4,7-8,17,19-20,22,26H,2,5-6,9-16,18,21H2,(H,35,43)(H,36,44)(H,38,42,46). The van der Waals surface area contributed by atoms with Crippen LogP contribution in [0.15, 0.2) is 48.8 Å². The number of benzene rings is 1. The number of piperidine rings is 1. The molecule has 240 valence electrons. The number of nitrogens with one attached hydrogen (secondary N) is 3. The summed E-state index contributed by atoms with van der Waals surface area (Å²) in [5, 5.41) is 8.48. The summed E-state index contributed by atoms with van der Waals surface area (Å²) in [4.78, 5) is 71.5. The highest BCUT2D eigenvalue weighted by atomic mass is 16.2. The Bertz CT molecular complexity index is 1710. The SMILES string of the molecule is O=C1CC2(CCN(C(=O)C3CCN(CCNC(=O)c4cccc(-c5cn6cc(C(=O)NC7CCC7)ccc6n5)c4)CC3)C2)C(=O)N1. The lowest BCUT2D eigenvalue weighted by molar-refractivity contribution is -0.137. The monoisotopic (exact) mass is 625 g/mol. The first kappa shape index (κ1) is 30.1. The summed E-state index contributed by atoms with van der Waals surface area (Å²) in [7, 11) is 0. The number of rotatable bonds is 8. The number of likely N-dealkylation sites (tertiary alicyclic amines) is 2. The highest BCUT2D eigenvalue weighted by molar-refractivity contribution is 6.06. The van der Waals surface area contributed by atoms with Crippen LogP contribution in [0, 0.1) is 11.3 Å². The van der Waals surface area contributed by atoms with Crippen LogP contribution in [0.4, 0.5) is 0 Å². The first-order valence-electron chi connectivity index (χ1n) is 16.3. The second-order valence-corrected chi connectivity index (χ2v) is 13.2. The van der Waals surface area contributed by atoms with Crippen LogP contribution in [0.25, 0.3) is 16.9 Å². The van der Waals surface area contributed by atoms with Gasteiger partial charge in [-0.15, -0.1) is 0 Å². The molecule has 3 saturated heterocycles. The first-order valence-corrected chi connectivity index (χ1v) is 16.3. The molecule has 5 heterocycles. The minimum Gasteiger partial charge on any atom is -0.351 e. The van der Waals surface area contributed by atoms with Crippen molar-refractivity contribution in [3.05, 3.63) is 59.9 Å². The highest BCUT2D eigenvalue weighted by Gasteiger charge is 2.52. The lowest BCUT2D eigenvalue weighted by Crippen LogP contribution is -2.44. The molecule has 12 heteroatoms. The van der Waals surface area contributed by atoms with E-state index in [1.165, 1.54) is 0 Å². The van der Waals surface area contributed by atoms with E-state index in [2.05, 4.69) is 20.9 Å². The third-order valence-electron chi connectivity index (χ3n) is 10.1. The van der Waals surface area contributed by atoms with Crippen molar-refractivity contribution in [2.75, 3.05) is 39.3 Å². The van der Waals surface area contributed by atoms with Crippen LogP contribution >= 0.6 is 0 Å². The molecule has 3 aliphatic heterocycles. The second-order valence-electron chi connectivity index (χ2n) is 13.2. The van der Waals surface area contributed by atoms with Crippen molar-refractivity contribution >= 4 is 35.2 Å². The zero-order chi connectivity index (χ0) is 31.8. The molecular formula is C34H39N7O5. The van der Waals surface area contributed by atoms with E-state index in [4.69, 9.17) is 4.98 Å². The number of pyridine rings is 1. The average Bonchev–Trinajstić information content (AvgIpc) is 3.75. The summed E-state index contributed by atoms with van der Waals surface area (Å²) in [5.41, 5.74) is 2.64. The van der Waals surface area contributed by atoms with Crippen molar-refractivity contribution < 1.29 is 24.0 Å². The predicted molar refractivity (Wildman–Crippen MR) is 169 cm³/mol. The molecule has 4 fully saturated rings. The van der Waals surface area contributed by atoms with Crippen molar-refractivity contribution in [2.45, 2.75) is 51.0 Å². The van der Waals surface area contributed by atoms with Gasteiger partial charge in [-0.2, -0.15) is 0 Å². The van der Waals surface area contributed by atoms with Gasteiger partial charge in [-0.05, 0) is 75.9 Å². The molecule has 12 nitrogen and oxygen atoms in total. The molecule has 46 heavy (non-hydrogen) atoms. The van der Waals surface area contributed by atoms with E-state index in [0.29, 0.717) is 49.4 Å². The molecule has 1 atom stereocenters. The van der Waals surface area contributed by atoms with Crippen LogP contribution in [0.5, 0.6) is 0 Å². The minimum absolute atomic E-state index is 0.0751. The molecule has 2 aromatic heterocycles. The Labute approximate surface area is 266 Å². The maximum Gasteiger partial charge on any atom is 0.252 e. The van der Waals surface area contributed by atoms with Gasteiger partial charge in [0, 0.05) is 68.1 Å². The largest absolute Gasteiger partial charge is 0.351 e. The molecular weight excluding hydrogens is 586 g/mol. The maximum absolute atomic E-state index is 13.2. The van der Waals surface area contributed by atoms with Crippen molar-refractivity contribution in [3.8, 4) is 11.3 Å². The zero-order valence-corrected chi connectivity index (χ0v) is 25.8. The molecule has 3 aromatic rings. The lowest BCUT2D eigenvalue weighted by Gasteiger charge is -2.33. The number of fused-ring (bicyclic) bond motifs is 1. The summed E-state index contributed by atoms with van der Waals surface area (Å²) in [6.07, 6.45) is 9.05. The number of imidazole rings is 1. The Kier molecular flexibility index (Phi) is 8.06. The Morgan fingerprint density at radius 3 is 2.52 bits per heavy atom. The number of carbonyl (C=O) groups is 5. The number of amides is 5. The van der Waals surface area contributed by atoms with Crippen molar-refractivity contribution in [2.24, 2.45) is 11.3 Å². The van der Waals surface area contributed by atoms with Gasteiger partial charge in [0.1, 0.15) is 5.65 Å². The van der Waals surface area contributed by atoms with Crippen LogP contribution in [-0.2, 0) is 14.4 Å². The zero-order valence-electron chi connectivity index (χ0n) is 25.8. The van der Waals surface area contributed by atoms with E-state index >= 15 is 0 Å². The quantitative estimate of drug-likeness (QED) is 0.325. The lowest BCUT2D eigenvalue weighted by atomic mass is 9.85. The minimum atomic E-state index is -0.740. The summed E-state index contributed by atoms with van der Waals surface area (Å²) >= 11 is 0. The van der Waals surface area contributed by atoms with Crippen LogP contribution in [0.2, 0.25) is 0 Å². The topological polar surface area (TPSA) is 145 Å². The van der Waals surface area contributed by atoms with Crippen LogP contribution < -0.4 is 16.0 Å². The van der Waals surface area contributed by atoms with Gasteiger partial charge in [0.25, 0.3) is 11.8 Å². The molecule has 7 rings (SSSR count). The molecule has 0 bridgehead atoms. The van der Waals surface area contributed by atoms with E-state index in [-0.39, 0.29) is 47.9 Å². The molecule has 1 aromatic carbocycles. The molecule has 1 saturated carbocycles. The Hall–Kier alpha value is -4.58. The normalized spacial score (nSPS) is 22.3. The van der Waals surface area contributed by atoms with Crippen LogP contribution in [0.3, 0.4) is 0 Å². The molecule has 1 unspecified atom stereocenters. The van der Waals surface area contributed by atoms with Crippen molar-refractivity contribution in [1.29, 1.82) is 0 Å². The summed E-state index contributed by atoms with van der Waals surface area (Å²) in [6, 6.07) is 11.2. The molecule has 5 amide bonds. The number of imide groups is 1. The number of hydrogen-bond acceptors (Lipinski definition) is 7. The number of aromatic nitrogens is 2. The van der Waals surface area contributed by atoms with Gasteiger partial charge >= 0.3 is 0 Å². The van der Waals surface area contributed by atoms with Gasteiger partial charge in [0.2, 0.25) is 17.7 Å². The molecule has 0 radical (unpaired) electrons. The van der Waals surface area contributed by atoms with Gasteiger partial charge in [0.15, 0.2) is 0 Å². The van der Waals surface area contributed by atoms with Crippen LogP contribution in [-0.4, -0.2) is 94.0 Å². The predicted octanol–water partition coefficient (Wildman–Crippen LogP) is 1.99. The van der Waals surface area contributed by atoms with Gasteiger partial charge in [0.05, 0.1) is 16.7 Å². The molecule has 1 spiro atoms. The smallest absolute Gasteiger partial charge is 0.252 e. The van der Waals surface area contributed by atoms with E-state index < -0.39 is 5.41 Å². The van der Waals surface area contributed by atoms with Crippen molar-refractivity contribution in [1.82, 2.24) is 35.1 Å². The van der Waals surface area contributed by atoms with Gasteiger partial charge in [-0.3, -0.25) is 29.3 Å². The highest BCUT2D eigenvalue weighted by Crippen LogP contribution is 2.38. The van der Waals surface area contributed by atoms with E-state index in [0.717, 1.165) is 56.4 Å². The fourth-order valence-corrected chi connectivity index (χ4v) is 7.08. The third kappa shape index (κ3) is 6.01. The first-order chi connectivity index (χ1) is 22.3. The fourth-order valence-electron chi connectivity index (χ4n) is 7.08. The Balaban J connectivity index is 0.883. The molecule has 4 aliphatic rings. The third-order valence-corrected chi connectivity index (χ3v) is 10.1. The van der Waals surface area contributed by atoms with Crippen molar-refractivity contribution in [3.63, 3.8) is 0 Å². The fraction of sp³-hybridized carbons (Fsp3) is 0.471. The Morgan fingerprint density at radius 1 is 0.957 bits per heavy atom. The van der Waals surface area contributed by atoms with Gasteiger partial charge in [-0.1, -0.05) is 12.1 Å². The molecule has 1 aliphatic carbocycles. The van der Waals surface area contributed by atoms with E-state index in [1.807, 2.05) is 34.9 Å². The Morgan fingerprint density at radius 2 is 1.78 bits per heavy atom. The van der Waals surface area contributed by atoms with E-state index in [9.17, 15) is 24.0 Å². The summed E-state index contributed by atoms with van der Waals surface area (Å²) < 4.78 is 1.84. The second kappa shape index (κ2) is 12.3. The van der Waals surface area contributed by atoms with Crippen LogP contribution in [0.1, 0.15) is 65.7 Å². The van der Waals surface area contributed by atoms with E-state index in [1.54, 1.807) is 23.2 Å². The molecule has 3 N–H and O–H groups in total.